The number of nitrogens with one attached hydrogen (secondary N) is 1. The van der Waals surface area contributed by atoms with Gasteiger partial charge in [-0.3, -0.25) is 0 Å². The number of rotatable bonds is 3. The Morgan fingerprint density at radius 3 is 2.43 bits per heavy atom. The molecular weight excluding hydrogens is 289 g/mol. The Balaban J connectivity index is 2.17. The van der Waals surface area contributed by atoms with Gasteiger partial charge in [-0.2, -0.15) is 13.2 Å². The first-order valence-electron chi connectivity index (χ1n) is 7.00. The molecule has 0 bridgehead atoms. The number of hydrogen-bond acceptors (Lipinski definition) is 1. The number of hydrogen-bond donors (Lipinski definition) is 1. The molecule has 6 heteroatoms. The fraction of sp³-hybridized carbons (Fsp3) is 0.600. The van der Waals surface area contributed by atoms with E-state index in [2.05, 4.69) is 5.32 Å². The summed E-state index contributed by atoms with van der Waals surface area (Å²) in [6, 6.07) is 2.26. The summed E-state index contributed by atoms with van der Waals surface area (Å²) < 4.78 is 65.8. The second-order valence-corrected chi connectivity index (χ2v) is 5.74. The lowest BCUT2D eigenvalue weighted by molar-refractivity contribution is -0.140. The molecule has 0 aliphatic carbocycles. The van der Waals surface area contributed by atoms with Gasteiger partial charge in [0.2, 0.25) is 0 Å². The molecule has 1 saturated heterocycles. The van der Waals surface area contributed by atoms with Crippen LogP contribution >= 0.6 is 0 Å². The Morgan fingerprint density at radius 2 is 1.90 bits per heavy atom. The van der Waals surface area contributed by atoms with Crippen molar-refractivity contribution in [1.82, 2.24) is 5.32 Å². The Hall–Kier alpha value is -1.17. The van der Waals surface area contributed by atoms with Crippen LogP contribution in [0.1, 0.15) is 43.7 Å². The SMILES string of the molecule is CC(F)(CC1CCCCN1)c1ccc(C(F)(F)F)c(F)c1. The van der Waals surface area contributed by atoms with Gasteiger partial charge in [0.1, 0.15) is 11.5 Å². The second kappa shape index (κ2) is 5.91. The van der Waals surface area contributed by atoms with Crippen molar-refractivity contribution < 1.29 is 22.0 Å². The molecule has 1 aliphatic heterocycles. The van der Waals surface area contributed by atoms with E-state index in [1.165, 1.54) is 6.92 Å². The molecule has 1 nitrogen and oxygen atoms in total. The maximum atomic E-state index is 14.7. The van der Waals surface area contributed by atoms with E-state index < -0.39 is 23.2 Å². The summed E-state index contributed by atoms with van der Waals surface area (Å²) in [6.07, 6.45) is -1.79. The predicted molar refractivity (Wildman–Crippen MR) is 70.1 cm³/mol. The molecule has 1 fully saturated rings. The molecule has 1 heterocycles. The molecule has 0 aromatic heterocycles. The van der Waals surface area contributed by atoms with Gasteiger partial charge in [-0.15, -0.1) is 0 Å². The number of halogens is 5. The predicted octanol–water partition coefficient (Wildman–Crippen LogP) is 4.56. The fourth-order valence-corrected chi connectivity index (χ4v) is 2.75. The number of benzene rings is 1. The van der Waals surface area contributed by atoms with E-state index in [0.717, 1.165) is 31.9 Å². The molecule has 1 aromatic carbocycles. The van der Waals surface area contributed by atoms with Crippen LogP contribution in [0.5, 0.6) is 0 Å². The average molecular weight is 307 g/mol. The third-order valence-electron chi connectivity index (χ3n) is 3.92. The lowest BCUT2D eigenvalue weighted by Crippen LogP contribution is -2.38. The molecule has 1 aromatic rings. The Kier molecular flexibility index (Phi) is 4.56. The van der Waals surface area contributed by atoms with Crippen LogP contribution in [-0.2, 0) is 11.8 Å². The molecule has 0 amide bonds. The third-order valence-corrected chi connectivity index (χ3v) is 3.92. The Labute approximate surface area is 120 Å². The first-order valence-corrected chi connectivity index (χ1v) is 7.00. The lowest BCUT2D eigenvalue weighted by atomic mass is 9.87. The van der Waals surface area contributed by atoms with Gasteiger partial charge in [0, 0.05) is 12.5 Å². The van der Waals surface area contributed by atoms with Crippen LogP contribution in [0.3, 0.4) is 0 Å². The minimum absolute atomic E-state index is 0.0286. The highest BCUT2D eigenvalue weighted by Crippen LogP contribution is 2.36. The van der Waals surface area contributed by atoms with Crippen molar-refractivity contribution in [2.75, 3.05) is 6.54 Å². The zero-order chi connectivity index (χ0) is 15.7. The van der Waals surface area contributed by atoms with Crippen molar-refractivity contribution in [2.45, 2.75) is 50.5 Å². The first-order chi connectivity index (χ1) is 9.70. The molecule has 2 atom stereocenters. The van der Waals surface area contributed by atoms with Crippen LogP contribution in [0, 0.1) is 5.82 Å². The molecule has 118 valence electrons. The zero-order valence-electron chi connectivity index (χ0n) is 11.7. The van der Waals surface area contributed by atoms with Gasteiger partial charge in [0.15, 0.2) is 0 Å². The molecule has 0 spiro atoms. The third kappa shape index (κ3) is 3.93. The zero-order valence-corrected chi connectivity index (χ0v) is 11.7. The van der Waals surface area contributed by atoms with Crippen LogP contribution in [0.4, 0.5) is 22.0 Å². The average Bonchev–Trinajstić information content (AvgIpc) is 2.37. The van der Waals surface area contributed by atoms with Crippen molar-refractivity contribution in [3.8, 4) is 0 Å². The molecule has 2 unspecified atom stereocenters. The van der Waals surface area contributed by atoms with Crippen LogP contribution in [-0.4, -0.2) is 12.6 Å². The number of alkyl halides is 4. The minimum atomic E-state index is -4.76. The normalized spacial score (nSPS) is 22.9. The Morgan fingerprint density at radius 1 is 1.19 bits per heavy atom. The smallest absolute Gasteiger partial charge is 0.314 e. The summed E-state index contributed by atoms with van der Waals surface area (Å²) in [5.41, 5.74) is -3.28. The standard InChI is InChI=1S/C15H18F5N/c1-14(17,9-11-4-2-3-7-21-11)10-5-6-12(13(16)8-10)15(18,19)20/h5-6,8,11,21H,2-4,7,9H2,1H3. The summed E-state index contributed by atoms with van der Waals surface area (Å²) in [4.78, 5) is 0. The molecular formula is C15H18F5N. The Bertz CT molecular complexity index is 489. The van der Waals surface area contributed by atoms with E-state index in [-0.39, 0.29) is 18.0 Å². The van der Waals surface area contributed by atoms with Crippen molar-refractivity contribution in [3.63, 3.8) is 0 Å². The van der Waals surface area contributed by atoms with Gasteiger partial charge in [-0.25, -0.2) is 8.78 Å². The van der Waals surface area contributed by atoms with Crippen molar-refractivity contribution in [2.24, 2.45) is 0 Å². The maximum Gasteiger partial charge on any atom is 0.419 e. The van der Waals surface area contributed by atoms with E-state index in [1.54, 1.807) is 0 Å². The molecule has 0 saturated carbocycles. The van der Waals surface area contributed by atoms with Crippen LogP contribution in [0.25, 0.3) is 0 Å². The number of piperidine rings is 1. The summed E-state index contributed by atoms with van der Waals surface area (Å²) >= 11 is 0. The summed E-state index contributed by atoms with van der Waals surface area (Å²) in [5, 5.41) is 3.18. The van der Waals surface area contributed by atoms with Crippen molar-refractivity contribution in [1.29, 1.82) is 0 Å². The first kappa shape index (κ1) is 16.2. The highest BCUT2D eigenvalue weighted by atomic mass is 19.4. The van der Waals surface area contributed by atoms with E-state index >= 15 is 0 Å². The van der Waals surface area contributed by atoms with Gasteiger partial charge in [-0.1, -0.05) is 12.5 Å². The van der Waals surface area contributed by atoms with Gasteiger partial charge in [-0.05, 0) is 44.0 Å². The van der Waals surface area contributed by atoms with E-state index in [9.17, 15) is 22.0 Å². The minimum Gasteiger partial charge on any atom is -0.314 e. The van der Waals surface area contributed by atoms with Crippen LogP contribution in [0.15, 0.2) is 18.2 Å². The monoisotopic (exact) mass is 307 g/mol. The fourth-order valence-electron chi connectivity index (χ4n) is 2.75. The van der Waals surface area contributed by atoms with Crippen molar-refractivity contribution >= 4 is 0 Å². The molecule has 2 rings (SSSR count). The van der Waals surface area contributed by atoms with Gasteiger partial charge < -0.3 is 5.32 Å². The molecule has 1 N–H and O–H groups in total. The summed E-state index contributed by atoms with van der Waals surface area (Å²) in [7, 11) is 0. The van der Waals surface area contributed by atoms with Gasteiger partial charge in [0.05, 0.1) is 5.56 Å². The largest absolute Gasteiger partial charge is 0.419 e. The van der Waals surface area contributed by atoms with Crippen LogP contribution in [0.2, 0.25) is 0 Å². The molecule has 0 radical (unpaired) electrons. The second-order valence-electron chi connectivity index (χ2n) is 5.74. The van der Waals surface area contributed by atoms with E-state index in [1.807, 2.05) is 0 Å². The van der Waals surface area contributed by atoms with E-state index in [4.69, 9.17) is 0 Å². The summed E-state index contributed by atoms with van der Waals surface area (Å²) in [5.74, 6) is -1.43. The molecule has 21 heavy (non-hydrogen) atoms. The van der Waals surface area contributed by atoms with E-state index in [0.29, 0.717) is 12.1 Å². The van der Waals surface area contributed by atoms with Gasteiger partial charge in [0.25, 0.3) is 0 Å². The maximum absolute atomic E-state index is 14.7. The highest BCUT2D eigenvalue weighted by molar-refractivity contribution is 5.30. The molecule has 1 aliphatic rings. The van der Waals surface area contributed by atoms with Gasteiger partial charge >= 0.3 is 6.18 Å². The topological polar surface area (TPSA) is 12.0 Å². The van der Waals surface area contributed by atoms with Crippen LogP contribution < -0.4 is 5.32 Å². The highest BCUT2D eigenvalue weighted by Gasteiger charge is 2.36. The lowest BCUT2D eigenvalue weighted by Gasteiger charge is -2.30. The quantitative estimate of drug-likeness (QED) is 0.807. The van der Waals surface area contributed by atoms with Crippen molar-refractivity contribution in [3.05, 3.63) is 35.1 Å². The summed E-state index contributed by atoms with van der Waals surface area (Å²) in [6.45, 7) is 2.09.